The molecular formula is C24H31N3O6S2. The number of likely N-dealkylation sites (tertiary alicyclic amines) is 1. The minimum absolute atomic E-state index is 0.115. The lowest BCUT2D eigenvalue weighted by molar-refractivity contribution is -0.127. The van der Waals surface area contributed by atoms with Gasteiger partial charge >= 0.3 is 0 Å². The second-order valence-corrected chi connectivity index (χ2v) is 13.2. The quantitative estimate of drug-likeness (QED) is 0.597. The van der Waals surface area contributed by atoms with Crippen LogP contribution in [0.2, 0.25) is 0 Å². The summed E-state index contributed by atoms with van der Waals surface area (Å²) in [6, 6.07) is 13.7. The van der Waals surface area contributed by atoms with Gasteiger partial charge in [-0.1, -0.05) is 36.4 Å². The first-order valence-electron chi connectivity index (χ1n) is 11.2. The van der Waals surface area contributed by atoms with Crippen molar-refractivity contribution in [3.63, 3.8) is 0 Å². The number of sulfonamides is 2. The molecule has 1 saturated heterocycles. The van der Waals surface area contributed by atoms with E-state index in [0.29, 0.717) is 13.1 Å². The Hall–Kier alpha value is -2.76. The highest BCUT2D eigenvalue weighted by Gasteiger charge is 2.38. The number of hydrogen-bond donors (Lipinski definition) is 1. The van der Waals surface area contributed by atoms with Gasteiger partial charge in [0.2, 0.25) is 31.9 Å². The van der Waals surface area contributed by atoms with Crippen molar-refractivity contribution >= 4 is 37.5 Å². The van der Waals surface area contributed by atoms with Crippen LogP contribution in [0, 0.1) is 0 Å². The van der Waals surface area contributed by atoms with Crippen molar-refractivity contribution in [1.29, 1.82) is 0 Å². The van der Waals surface area contributed by atoms with E-state index in [9.17, 15) is 26.4 Å². The maximum atomic E-state index is 12.5. The average molecular weight is 522 g/mol. The summed E-state index contributed by atoms with van der Waals surface area (Å²) >= 11 is 0. The maximum Gasteiger partial charge on any atom is 0.238 e. The highest BCUT2D eigenvalue weighted by Crippen LogP contribution is 2.32. The zero-order valence-corrected chi connectivity index (χ0v) is 22.1. The summed E-state index contributed by atoms with van der Waals surface area (Å²) in [5, 5.41) is -0.592. The second kappa shape index (κ2) is 10.1. The maximum absolute atomic E-state index is 12.5. The summed E-state index contributed by atoms with van der Waals surface area (Å²) in [7, 11) is -7.30. The summed E-state index contributed by atoms with van der Waals surface area (Å²) in [5.41, 5.74) is 2.65. The number of nitrogens with one attached hydrogen (secondary N) is 1. The van der Waals surface area contributed by atoms with Gasteiger partial charge in [0.1, 0.15) is 0 Å². The number of carbonyl (C=O) groups is 2. The van der Waals surface area contributed by atoms with E-state index < -0.39 is 37.2 Å². The summed E-state index contributed by atoms with van der Waals surface area (Å²) in [6.45, 7) is 6.56. The lowest BCUT2D eigenvalue weighted by Crippen LogP contribution is -2.43. The smallest absolute Gasteiger partial charge is 0.238 e. The Kier molecular flexibility index (Phi) is 7.73. The lowest BCUT2D eigenvalue weighted by atomic mass is 9.93. The SMILES string of the molecule is CC(=O)N1CC(NS(=O)(=O)C(C)C)C(c2ccc(-c3cccc(N(C(C)=O)S(C)(=O)=O)c3)cc2)C1. The third-order valence-electron chi connectivity index (χ3n) is 6.07. The minimum Gasteiger partial charge on any atom is -0.341 e. The van der Waals surface area contributed by atoms with Crippen molar-refractivity contribution in [3.05, 3.63) is 54.1 Å². The standard InChI is InChI=1S/C24H31N3O6S2/c1-16(2)35(32,33)25-24-15-26(17(3)28)14-23(24)20-11-9-19(10-12-20)21-7-6-8-22(13-21)27(18(4)29)34(5,30)31/h6-13,16,23-25H,14-15H2,1-5H3. The first-order chi connectivity index (χ1) is 16.2. The van der Waals surface area contributed by atoms with Crippen LogP contribution >= 0.6 is 0 Å². The molecule has 2 aromatic rings. The molecule has 0 radical (unpaired) electrons. The van der Waals surface area contributed by atoms with Crippen molar-refractivity contribution in [2.24, 2.45) is 0 Å². The van der Waals surface area contributed by atoms with E-state index >= 15 is 0 Å². The fourth-order valence-corrected chi connectivity index (χ4v) is 6.10. The average Bonchev–Trinajstić information content (AvgIpc) is 3.16. The van der Waals surface area contributed by atoms with Crippen LogP contribution in [0.25, 0.3) is 11.1 Å². The van der Waals surface area contributed by atoms with Gasteiger partial charge in [0, 0.05) is 38.9 Å². The van der Waals surface area contributed by atoms with Crippen LogP contribution in [0.3, 0.4) is 0 Å². The molecule has 2 aromatic carbocycles. The van der Waals surface area contributed by atoms with Gasteiger partial charge in [-0.3, -0.25) is 9.59 Å². The summed E-state index contributed by atoms with van der Waals surface area (Å²) in [4.78, 5) is 25.6. The van der Waals surface area contributed by atoms with Crippen LogP contribution < -0.4 is 9.03 Å². The molecule has 0 aliphatic carbocycles. The van der Waals surface area contributed by atoms with Crippen LogP contribution in [0.15, 0.2) is 48.5 Å². The minimum atomic E-state index is -3.78. The molecule has 35 heavy (non-hydrogen) atoms. The fraction of sp³-hybridized carbons (Fsp3) is 0.417. The van der Waals surface area contributed by atoms with E-state index in [4.69, 9.17) is 0 Å². The molecule has 1 N–H and O–H groups in total. The zero-order chi connectivity index (χ0) is 26.1. The Morgan fingerprint density at radius 3 is 2.11 bits per heavy atom. The Morgan fingerprint density at radius 2 is 1.60 bits per heavy atom. The Bertz CT molecular complexity index is 1320. The van der Waals surface area contributed by atoms with Crippen molar-refractivity contribution in [3.8, 4) is 11.1 Å². The highest BCUT2D eigenvalue weighted by atomic mass is 32.2. The number of benzene rings is 2. The lowest BCUT2D eigenvalue weighted by Gasteiger charge is -2.21. The molecule has 1 aliphatic heterocycles. The summed E-state index contributed by atoms with van der Waals surface area (Å²) in [5.74, 6) is -0.937. The van der Waals surface area contributed by atoms with Gasteiger partial charge in [-0.05, 0) is 42.7 Å². The third kappa shape index (κ3) is 6.09. The number of nitrogens with zero attached hydrogens (tertiary/aromatic N) is 2. The first-order valence-corrected chi connectivity index (χ1v) is 14.6. The van der Waals surface area contributed by atoms with Crippen LogP contribution in [0.4, 0.5) is 5.69 Å². The number of anilines is 1. The molecule has 2 atom stereocenters. The second-order valence-electron chi connectivity index (χ2n) is 9.07. The van der Waals surface area contributed by atoms with E-state index in [1.807, 2.05) is 30.3 Å². The number of hydrogen-bond acceptors (Lipinski definition) is 6. The van der Waals surface area contributed by atoms with Gasteiger partial charge in [0.15, 0.2) is 0 Å². The largest absolute Gasteiger partial charge is 0.341 e. The van der Waals surface area contributed by atoms with Crippen molar-refractivity contribution in [2.75, 3.05) is 23.7 Å². The van der Waals surface area contributed by atoms with Gasteiger partial charge in [0.05, 0.1) is 17.2 Å². The third-order valence-corrected chi connectivity index (χ3v) is 9.08. The molecule has 11 heteroatoms. The van der Waals surface area contributed by atoms with Crippen molar-refractivity contribution < 1.29 is 26.4 Å². The molecule has 0 bridgehead atoms. The topological polar surface area (TPSA) is 121 Å². The molecule has 1 heterocycles. The normalized spacial score (nSPS) is 18.6. The Morgan fingerprint density at radius 1 is 0.971 bits per heavy atom. The predicted octanol–water partition coefficient (Wildman–Crippen LogP) is 2.31. The molecule has 2 amide bonds. The van der Waals surface area contributed by atoms with Gasteiger partial charge in [-0.25, -0.2) is 25.9 Å². The van der Waals surface area contributed by atoms with Crippen LogP contribution in [0.1, 0.15) is 39.2 Å². The molecular weight excluding hydrogens is 490 g/mol. The van der Waals surface area contributed by atoms with Crippen molar-refractivity contribution in [1.82, 2.24) is 9.62 Å². The fourth-order valence-electron chi connectivity index (χ4n) is 4.21. The molecule has 9 nitrogen and oxygen atoms in total. The molecule has 2 unspecified atom stereocenters. The van der Waals surface area contributed by atoms with E-state index in [0.717, 1.165) is 27.3 Å². The molecule has 0 saturated carbocycles. The van der Waals surface area contributed by atoms with Gasteiger partial charge in [0.25, 0.3) is 0 Å². The summed E-state index contributed by atoms with van der Waals surface area (Å²) < 4.78 is 52.7. The van der Waals surface area contributed by atoms with Crippen LogP contribution in [-0.4, -0.2) is 64.2 Å². The van der Waals surface area contributed by atoms with Gasteiger partial charge in [-0.2, -0.15) is 0 Å². The molecule has 3 rings (SSSR count). The van der Waals surface area contributed by atoms with Crippen molar-refractivity contribution in [2.45, 2.75) is 44.9 Å². The van der Waals surface area contributed by atoms with Crippen LogP contribution in [0.5, 0.6) is 0 Å². The molecule has 190 valence electrons. The van der Waals surface area contributed by atoms with Gasteiger partial charge < -0.3 is 4.90 Å². The Labute approximate surface area is 207 Å². The summed E-state index contributed by atoms with van der Waals surface area (Å²) in [6.07, 6.45) is 0.978. The van der Waals surface area contributed by atoms with Crippen LogP contribution in [-0.2, 0) is 29.6 Å². The monoisotopic (exact) mass is 521 g/mol. The molecule has 0 aromatic heterocycles. The highest BCUT2D eigenvalue weighted by molar-refractivity contribution is 7.92. The number of amides is 2. The predicted molar refractivity (Wildman–Crippen MR) is 136 cm³/mol. The molecule has 0 spiro atoms. The van der Waals surface area contributed by atoms with Gasteiger partial charge in [-0.15, -0.1) is 0 Å². The number of rotatable bonds is 7. The number of carbonyl (C=O) groups excluding carboxylic acids is 2. The molecule has 1 fully saturated rings. The van der Waals surface area contributed by atoms with E-state index in [1.165, 1.54) is 13.8 Å². The van der Waals surface area contributed by atoms with E-state index in [2.05, 4.69) is 4.72 Å². The first kappa shape index (κ1) is 26.8. The molecule has 1 aliphatic rings. The van der Waals surface area contributed by atoms with E-state index in [1.54, 1.807) is 36.9 Å². The Balaban J connectivity index is 1.91. The van der Waals surface area contributed by atoms with E-state index in [-0.39, 0.29) is 17.5 Å². The zero-order valence-electron chi connectivity index (χ0n) is 20.4.